The SMILES string of the molecule is O=S(=O)(CC1CCCO1)Nc1ccccc1C#CCO. The zero-order valence-electron chi connectivity index (χ0n) is 11.0. The number of sulfonamides is 1. The number of ether oxygens (including phenoxy) is 1. The summed E-state index contributed by atoms with van der Waals surface area (Å²) in [5.41, 5.74) is 0.962. The maximum atomic E-state index is 12.1. The maximum Gasteiger partial charge on any atom is 0.235 e. The van der Waals surface area contributed by atoms with E-state index in [0.29, 0.717) is 17.9 Å². The molecule has 20 heavy (non-hydrogen) atoms. The molecule has 1 heterocycles. The first-order chi connectivity index (χ1) is 9.61. The smallest absolute Gasteiger partial charge is 0.235 e. The second kappa shape index (κ2) is 6.75. The molecule has 0 bridgehead atoms. The average Bonchev–Trinajstić information content (AvgIpc) is 2.89. The fourth-order valence-electron chi connectivity index (χ4n) is 2.05. The minimum atomic E-state index is -3.47. The number of hydrogen-bond acceptors (Lipinski definition) is 4. The molecule has 1 unspecified atom stereocenters. The number of aliphatic hydroxyl groups is 1. The van der Waals surface area contributed by atoms with Crippen LogP contribution in [0.25, 0.3) is 0 Å². The van der Waals surface area contributed by atoms with Gasteiger partial charge in [-0.15, -0.1) is 0 Å². The van der Waals surface area contributed by atoms with Gasteiger partial charge in [0.15, 0.2) is 0 Å². The Labute approximate surface area is 119 Å². The van der Waals surface area contributed by atoms with Crippen LogP contribution in [0.2, 0.25) is 0 Å². The number of aliphatic hydroxyl groups excluding tert-OH is 1. The van der Waals surface area contributed by atoms with Crippen LogP contribution in [0.5, 0.6) is 0 Å². The quantitative estimate of drug-likeness (QED) is 0.811. The van der Waals surface area contributed by atoms with Gasteiger partial charge in [-0.1, -0.05) is 24.0 Å². The van der Waals surface area contributed by atoms with Crippen molar-refractivity contribution in [1.82, 2.24) is 0 Å². The molecule has 1 atom stereocenters. The van der Waals surface area contributed by atoms with Crippen LogP contribution < -0.4 is 4.72 Å². The Bertz CT molecular complexity index is 610. The first kappa shape index (κ1) is 14.9. The molecule has 0 aromatic heterocycles. The number of nitrogens with one attached hydrogen (secondary N) is 1. The molecule has 0 radical (unpaired) electrons. The minimum absolute atomic E-state index is 0.0469. The molecule has 2 rings (SSSR count). The lowest BCUT2D eigenvalue weighted by Gasteiger charge is -2.13. The van der Waals surface area contributed by atoms with Crippen molar-refractivity contribution in [3.63, 3.8) is 0 Å². The number of benzene rings is 1. The third kappa shape index (κ3) is 4.23. The summed E-state index contributed by atoms with van der Waals surface area (Å²) in [7, 11) is -3.47. The van der Waals surface area contributed by atoms with E-state index in [1.807, 2.05) is 0 Å². The van der Waals surface area contributed by atoms with Crippen LogP contribution in [-0.4, -0.2) is 38.6 Å². The van der Waals surface area contributed by atoms with Gasteiger partial charge in [0.1, 0.15) is 6.61 Å². The molecule has 1 aromatic rings. The number of para-hydroxylation sites is 1. The molecule has 1 fully saturated rings. The molecule has 1 aliphatic heterocycles. The Morgan fingerprint density at radius 1 is 1.40 bits per heavy atom. The summed E-state index contributed by atoms with van der Waals surface area (Å²) in [6.07, 6.45) is 1.44. The molecule has 6 heteroatoms. The summed E-state index contributed by atoms with van der Waals surface area (Å²) in [6.45, 7) is 0.357. The Morgan fingerprint density at radius 3 is 2.90 bits per heavy atom. The molecule has 5 nitrogen and oxygen atoms in total. The fraction of sp³-hybridized carbons (Fsp3) is 0.429. The van der Waals surface area contributed by atoms with Crippen LogP contribution in [0.3, 0.4) is 0 Å². The van der Waals surface area contributed by atoms with Crippen molar-refractivity contribution in [3.05, 3.63) is 29.8 Å². The third-order valence-electron chi connectivity index (χ3n) is 2.92. The topological polar surface area (TPSA) is 75.6 Å². The van der Waals surface area contributed by atoms with Crippen molar-refractivity contribution in [2.75, 3.05) is 23.7 Å². The predicted octanol–water partition coefficient (Wildman–Crippen LogP) is 0.951. The summed E-state index contributed by atoms with van der Waals surface area (Å²) in [5, 5.41) is 8.71. The van der Waals surface area contributed by atoms with Gasteiger partial charge in [-0.25, -0.2) is 8.42 Å². The number of hydrogen-bond donors (Lipinski definition) is 2. The molecule has 0 aliphatic carbocycles. The summed E-state index contributed by atoms with van der Waals surface area (Å²) >= 11 is 0. The summed E-state index contributed by atoms with van der Waals surface area (Å²) < 4.78 is 32.1. The highest BCUT2D eigenvalue weighted by molar-refractivity contribution is 7.92. The fourth-order valence-corrected chi connectivity index (χ4v) is 3.39. The molecule has 0 saturated carbocycles. The van der Waals surface area contributed by atoms with Gasteiger partial charge in [0.05, 0.1) is 17.5 Å². The van der Waals surface area contributed by atoms with Crippen molar-refractivity contribution in [2.24, 2.45) is 0 Å². The van der Waals surface area contributed by atoms with E-state index in [4.69, 9.17) is 9.84 Å². The molecule has 0 spiro atoms. The van der Waals surface area contributed by atoms with Gasteiger partial charge in [-0.2, -0.15) is 0 Å². The van der Waals surface area contributed by atoms with Crippen molar-refractivity contribution < 1.29 is 18.3 Å². The van der Waals surface area contributed by atoms with E-state index >= 15 is 0 Å². The van der Waals surface area contributed by atoms with E-state index in [1.165, 1.54) is 0 Å². The Hall–Kier alpha value is -1.55. The van der Waals surface area contributed by atoms with Crippen LogP contribution in [0, 0.1) is 11.8 Å². The minimum Gasteiger partial charge on any atom is -0.384 e. The standard InChI is InChI=1S/C14H17NO4S/c16-9-3-6-12-5-1-2-8-14(12)15-20(17,18)11-13-7-4-10-19-13/h1-2,5,8,13,15-16H,4,7,9-11H2. The lowest BCUT2D eigenvalue weighted by atomic mass is 10.2. The number of anilines is 1. The lowest BCUT2D eigenvalue weighted by Crippen LogP contribution is -2.26. The molecular formula is C14H17NO4S. The third-order valence-corrected chi connectivity index (χ3v) is 4.27. The molecule has 1 aromatic carbocycles. The average molecular weight is 295 g/mol. The summed E-state index contributed by atoms with van der Waals surface area (Å²) in [4.78, 5) is 0. The normalized spacial score (nSPS) is 18.4. The lowest BCUT2D eigenvalue weighted by molar-refractivity contribution is 0.127. The summed E-state index contributed by atoms with van der Waals surface area (Å²) in [5.74, 6) is 5.18. The number of rotatable bonds is 4. The van der Waals surface area contributed by atoms with Crippen molar-refractivity contribution in [2.45, 2.75) is 18.9 Å². The molecule has 108 valence electrons. The molecular weight excluding hydrogens is 278 g/mol. The highest BCUT2D eigenvalue weighted by atomic mass is 32.2. The van der Waals surface area contributed by atoms with Crippen LogP contribution in [-0.2, 0) is 14.8 Å². The molecule has 2 N–H and O–H groups in total. The van der Waals surface area contributed by atoms with E-state index in [0.717, 1.165) is 12.8 Å². The van der Waals surface area contributed by atoms with Crippen molar-refractivity contribution in [3.8, 4) is 11.8 Å². The van der Waals surface area contributed by atoms with Gasteiger partial charge in [0.2, 0.25) is 10.0 Å². The van der Waals surface area contributed by atoms with E-state index in [-0.39, 0.29) is 18.5 Å². The molecule has 1 saturated heterocycles. The maximum absolute atomic E-state index is 12.1. The van der Waals surface area contributed by atoms with Gasteiger partial charge in [0, 0.05) is 12.2 Å². The Balaban J connectivity index is 2.12. The van der Waals surface area contributed by atoms with Gasteiger partial charge in [-0.3, -0.25) is 4.72 Å². The van der Waals surface area contributed by atoms with E-state index < -0.39 is 10.0 Å². The monoisotopic (exact) mass is 295 g/mol. The van der Waals surface area contributed by atoms with E-state index in [9.17, 15) is 8.42 Å². The highest BCUT2D eigenvalue weighted by Gasteiger charge is 2.23. The predicted molar refractivity (Wildman–Crippen MR) is 76.8 cm³/mol. The van der Waals surface area contributed by atoms with Crippen LogP contribution in [0.1, 0.15) is 18.4 Å². The van der Waals surface area contributed by atoms with E-state index in [1.54, 1.807) is 24.3 Å². The van der Waals surface area contributed by atoms with Gasteiger partial charge >= 0.3 is 0 Å². The van der Waals surface area contributed by atoms with Crippen LogP contribution in [0.4, 0.5) is 5.69 Å². The van der Waals surface area contributed by atoms with Crippen LogP contribution in [0.15, 0.2) is 24.3 Å². The van der Waals surface area contributed by atoms with Crippen molar-refractivity contribution in [1.29, 1.82) is 0 Å². The summed E-state index contributed by atoms with van der Waals surface area (Å²) in [6, 6.07) is 6.84. The molecule has 1 aliphatic rings. The van der Waals surface area contributed by atoms with Gasteiger partial charge < -0.3 is 9.84 Å². The first-order valence-corrected chi connectivity index (χ1v) is 8.07. The Kier molecular flexibility index (Phi) is 5.01. The molecule has 0 amide bonds. The van der Waals surface area contributed by atoms with Crippen LogP contribution >= 0.6 is 0 Å². The first-order valence-electron chi connectivity index (χ1n) is 6.41. The largest absolute Gasteiger partial charge is 0.384 e. The van der Waals surface area contributed by atoms with Gasteiger partial charge in [0.25, 0.3) is 0 Å². The second-order valence-corrected chi connectivity index (χ2v) is 6.29. The zero-order valence-corrected chi connectivity index (χ0v) is 11.8. The van der Waals surface area contributed by atoms with Crippen molar-refractivity contribution >= 4 is 15.7 Å². The van der Waals surface area contributed by atoms with Gasteiger partial charge in [-0.05, 0) is 25.0 Å². The second-order valence-electron chi connectivity index (χ2n) is 4.52. The zero-order chi connectivity index (χ0) is 14.4. The Morgan fingerprint density at radius 2 is 2.20 bits per heavy atom. The van der Waals surface area contributed by atoms with E-state index in [2.05, 4.69) is 16.6 Å². The highest BCUT2D eigenvalue weighted by Crippen LogP contribution is 2.18.